The van der Waals surface area contributed by atoms with Crippen molar-refractivity contribution in [3.05, 3.63) is 0 Å². The van der Waals surface area contributed by atoms with Crippen LogP contribution < -0.4 is 0 Å². The van der Waals surface area contributed by atoms with Gasteiger partial charge in [-0.2, -0.15) is 5.26 Å². The molecule has 0 fully saturated rings. The highest BCUT2D eigenvalue weighted by atomic mass is 32.2. The van der Waals surface area contributed by atoms with Gasteiger partial charge in [0.1, 0.15) is 0 Å². The molecule has 0 saturated heterocycles. The van der Waals surface area contributed by atoms with Gasteiger partial charge in [0, 0.05) is 17.8 Å². The van der Waals surface area contributed by atoms with Gasteiger partial charge in [-0.3, -0.25) is 0 Å². The maximum Gasteiger partial charge on any atom is 0.259 e. The van der Waals surface area contributed by atoms with Gasteiger partial charge in [-0.15, -0.1) is 0 Å². The van der Waals surface area contributed by atoms with E-state index in [1.807, 2.05) is 33.8 Å². The molecule has 0 heterocycles. The Morgan fingerprint density at radius 2 is 1.67 bits per heavy atom. The molecule has 0 radical (unpaired) electrons. The topological polar surface area (TPSA) is 79.6 Å². The second-order valence-corrected chi connectivity index (χ2v) is 9.04. The summed E-state index contributed by atoms with van der Waals surface area (Å²) in [4.78, 5) is 0. The summed E-state index contributed by atoms with van der Waals surface area (Å²) < 4.78 is 36.4. The zero-order chi connectivity index (χ0) is 16.5. The van der Waals surface area contributed by atoms with Crippen molar-refractivity contribution in [1.29, 1.82) is 5.26 Å². The molecule has 0 aliphatic carbocycles. The lowest BCUT2D eigenvalue weighted by Gasteiger charge is -2.35. The molecule has 0 aromatic rings. The third-order valence-electron chi connectivity index (χ3n) is 2.70. The molecule has 0 spiro atoms. The van der Waals surface area contributed by atoms with Crippen molar-refractivity contribution >= 4 is 18.4 Å². The van der Waals surface area contributed by atoms with E-state index in [-0.39, 0.29) is 30.2 Å². The van der Waals surface area contributed by atoms with E-state index in [1.54, 1.807) is 6.92 Å². The van der Waals surface area contributed by atoms with Crippen molar-refractivity contribution in [2.45, 2.75) is 53.1 Å². The first-order chi connectivity index (χ1) is 9.75. The first-order valence-corrected chi connectivity index (χ1v) is 10.1. The van der Waals surface area contributed by atoms with Gasteiger partial charge in [-0.25, -0.2) is 13.1 Å². The van der Waals surface area contributed by atoms with Crippen molar-refractivity contribution in [2.24, 2.45) is 0 Å². The van der Waals surface area contributed by atoms with Gasteiger partial charge < -0.3 is 9.05 Å². The van der Waals surface area contributed by atoms with Crippen molar-refractivity contribution in [3.63, 3.8) is 0 Å². The summed E-state index contributed by atoms with van der Waals surface area (Å²) in [6.45, 7) is 10.2. The van der Waals surface area contributed by atoms with Crippen LogP contribution in [-0.2, 0) is 18.9 Å². The monoisotopic (exact) mass is 338 g/mol. The Kier molecular flexibility index (Phi) is 10.3. The number of hydrogen-bond acceptors (Lipinski definition) is 6. The van der Waals surface area contributed by atoms with Crippen molar-refractivity contribution in [3.8, 4) is 6.07 Å². The Morgan fingerprint density at radius 1 is 1.14 bits per heavy atom. The van der Waals surface area contributed by atoms with Gasteiger partial charge in [-0.05, 0) is 27.7 Å². The minimum Gasteiger partial charge on any atom is -0.321 e. The largest absolute Gasteiger partial charge is 0.321 e. The first kappa shape index (κ1) is 20.8. The summed E-state index contributed by atoms with van der Waals surface area (Å²) >= 11 is 0. The summed E-state index contributed by atoms with van der Waals surface area (Å²) in [5, 5.41) is 8.59. The Hall–Kier alpha value is -0.250. The van der Waals surface area contributed by atoms with E-state index in [0.717, 1.165) is 0 Å². The van der Waals surface area contributed by atoms with Gasteiger partial charge in [0.2, 0.25) is 0 Å². The minimum atomic E-state index is -3.05. The second-order valence-electron chi connectivity index (χ2n) is 5.12. The average Bonchev–Trinajstić information content (AvgIpc) is 2.37. The van der Waals surface area contributed by atoms with Gasteiger partial charge in [0.25, 0.3) is 8.53 Å². The van der Waals surface area contributed by atoms with Crippen LogP contribution in [0.2, 0.25) is 0 Å². The van der Waals surface area contributed by atoms with E-state index in [1.165, 1.54) is 0 Å². The molecule has 21 heavy (non-hydrogen) atoms. The summed E-state index contributed by atoms with van der Waals surface area (Å²) in [6.07, 6.45) is 0.291. The normalized spacial score (nSPS) is 13.9. The van der Waals surface area contributed by atoms with Crippen molar-refractivity contribution < 1.29 is 17.5 Å². The van der Waals surface area contributed by atoms with Crippen molar-refractivity contribution in [2.75, 3.05) is 24.7 Å². The van der Waals surface area contributed by atoms with E-state index in [2.05, 4.69) is 4.67 Å². The van der Waals surface area contributed by atoms with Crippen LogP contribution in [0.1, 0.15) is 41.0 Å². The lowest BCUT2D eigenvalue weighted by molar-refractivity contribution is 0.182. The zero-order valence-corrected chi connectivity index (χ0v) is 15.3. The molecule has 1 unspecified atom stereocenters. The summed E-state index contributed by atoms with van der Waals surface area (Å²) in [5.74, 6) is 0.107. The Morgan fingerprint density at radius 3 is 2.10 bits per heavy atom. The number of nitrogens with zero attached hydrogens (tertiary/aromatic N) is 2. The smallest absolute Gasteiger partial charge is 0.259 e. The lowest BCUT2D eigenvalue weighted by Crippen LogP contribution is -2.34. The molecule has 8 heteroatoms. The van der Waals surface area contributed by atoms with Gasteiger partial charge in [0.05, 0.1) is 31.5 Å². The Balaban J connectivity index is 4.69. The molecule has 0 aliphatic heterocycles. The van der Waals surface area contributed by atoms with Crippen LogP contribution >= 0.6 is 8.53 Å². The van der Waals surface area contributed by atoms with Crippen LogP contribution in [0.15, 0.2) is 0 Å². The molecule has 0 aromatic carbocycles. The molecule has 0 bridgehead atoms. The fourth-order valence-corrected chi connectivity index (χ4v) is 4.04. The predicted octanol–water partition coefficient (Wildman–Crippen LogP) is 2.71. The zero-order valence-electron chi connectivity index (χ0n) is 13.6. The molecule has 0 rings (SSSR count). The molecule has 0 aliphatic rings. The lowest BCUT2D eigenvalue weighted by atomic mass is 10.3. The standard InChI is InChI=1S/C13H27N2O4PS/c1-6-21(16,17)11-10-19-20(18-9-7-8-14)15(12(2)3)13(4)5/h12-13H,6-7,9-11H2,1-5H3. The molecule has 1 atom stereocenters. The maximum absolute atomic E-state index is 11.5. The van der Waals surface area contributed by atoms with Crippen LogP contribution in [0.4, 0.5) is 0 Å². The van der Waals surface area contributed by atoms with Gasteiger partial charge in [-0.1, -0.05) is 6.92 Å². The quantitative estimate of drug-likeness (QED) is 0.426. The van der Waals surface area contributed by atoms with Crippen LogP contribution in [0, 0.1) is 11.3 Å². The number of nitriles is 1. The summed E-state index contributed by atoms with van der Waals surface area (Å²) in [6, 6.07) is 2.44. The third-order valence-corrected chi connectivity index (χ3v) is 6.47. The highest BCUT2D eigenvalue weighted by Crippen LogP contribution is 2.45. The SMILES string of the molecule is CCS(=O)(=O)CCOP(OCCC#N)N(C(C)C)C(C)C. The van der Waals surface area contributed by atoms with Gasteiger partial charge in [0.15, 0.2) is 9.84 Å². The van der Waals surface area contributed by atoms with Crippen LogP contribution in [0.3, 0.4) is 0 Å². The highest BCUT2D eigenvalue weighted by Gasteiger charge is 2.27. The predicted molar refractivity (Wildman–Crippen MR) is 85.5 cm³/mol. The Labute approximate surface area is 130 Å². The molecule has 0 amide bonds. The van der Waals surface area contributed by atoms with E-state index in [4.69, 9.17) is 14.3 Å². The fourth-order valence-electron chi connectivity index (χ4n) is 1.70. The van der Waals surface area contributed by atoms with Gasteiger partial charge >= 0.3 is 0 Å². The Bertz CT molecular complexity index is 412. The summed E-state index contributed by atoms with van der Waals surface area (Å²) in [5.41, 5.74) is 0. The molecule has 124 valence electrons. The minimum absolute atomic E-state index is 0.00598. The second kappa shape index (κ2) is 10.5. The number of sulfone groups is 1. The first-order valence-electron chi connectivity index (χ1n) is 7.16. The van der Waals surface area contributed by atoms with Crippen LogP contribution in [0.25, 0.3) is 0 Å². The fraction of sp³-hybridized carbons (Fsp3) is 0.923. The average molecular weight is 338 g/mol. The van der Waals surface area contributed by atoms with E-state index < -0.39 is 18.4 Å². The van der Waals surface area contributed by atoms with E-state index in [0.29, 0.717) is 13.0 Å². The third kappa shape index (κ3) is 8.70. The van der Waals surface area contributed by atoms with E-state index >= 15 is 0 Å². The highest BCUT2D eigenvalue weighted by molar-refractivity contribution is 7.91. The molecule has 0 saturated carbocycles. The van der Waals surface area contributed by atoms with Crippen molar-refractivity contribution in [1.82, 2.24) is 4.67 Å². The number of hydrogen-bond donors (Lipinski definition) is 0. The summed E-state index contributed by atoms with van der Waals surface area (Å²) in [7, 11) is -4.40. The number of rotatable bonds is 11. The maximum atomic E-state index is 11.5. The van der Waals surface area contributed by atoms with E-state index in [9.17, 15) is 8.42 Å². The molecular weight excluding hydrogens is 311 g/mol. The molecular formula is C13H27N2O4PS. The van der Waals surface area contributed by atoms with Crippen LogP contribution in [-0.4, -0.2) is 49.9 Å². The van der Waals surface area contributed by atoms with Crippen LogP contribution in [0.5, 0.6) is 0 Å². The molecule has 6 nitrogen and oxygen atoms in total. The molecule has 0 N–H and O–H groups in total. The molecule has 0 aromatic heterocycles.